The van der Waals surface area contributed by atoms with Crippen LogP contribution in [0.4, 0.5) is 4.79 Å². The molecule has 1 fully saturated rings. The summed E-state index contributed by atoms with van der Waals surface area (Å²) in [5.74, 6) is -1.54. The van der Waals surface area contributed by atoms with Crippen LogP contribution in [0.15, 0.2) is 0 Å². The fourth-order valence-electron chi connectivity index (χ4n) is 2.11. The molecule has 0 bridgehead atoms. The van der Waals surface area contributed by atoms with Gasteiger partial charge in [0.1, 0.15) is 0 Å². The number of primary amides is 1. The molecule has 7 nitrogen and oxygen atoms in total. The third-order valence-corrected chi connectivity index (χ3v) is 3.27. The Bertz CT molecular complexity index is 359. The van der Waals surface area contributed by atoms with Gasteiger partial charge in [0, 0.05) is 25.6 Å². The van der Waals surface area contributed by atoms with Crippen molar-refractivity contribution in [2.24, 2.45) is 11.7 Å². The largest absolute Gasteiger partial charge is 0.481 e. The first-order valence-electron chi connectivity index (χ1n) is 6.46. The molecule has 0 aromatic heterocycles. The number of carbonyl (C=O) groups is 3. The second kappa shape index (κ2) is 6.96. The number of rotatable bonds is 5. The monoisotopic (exact) mass is 271 g/mol. The first-order valence-corrected chi connectivity index (χ1v) is 6.46. The minimum atomic E-state index is -0.882. The molecule has 0 spiro atoms. The molecule has 1 rings (SSSR count). The van der Waals surface area contributed by atoms with E-state index in [1.807, 2.05) is 0 Å². The van der Waals surface area contributed by atoms with Crippen molar-refractivity contribution < 1.29 is 19.5 Å². The van der Waals surface area contributed by atoms with Crippen molar-refractivity contribution in [2.75, 3.05) is 13.1 Å². The van der Waals surface area contributed by atoms with Crippen LogP contribution in [0, 0.1) is 5.92 Å². The van der Waals surface area contributed by atoms with E-state index in [1.165, 1.54) is 0 Å². The number of nitrogens with one attached hydrogen (secondary N) is 1. The lowest BCUT2D eigenvalue weighted by Crippen LogP contribution is -2.50. The number of carbonyl (C=O) groups excluding carboxylic acids is 2. The summed E-state index contributed by atoms with van der Waals surface area (Å²) in [5.41, 5.74) is 5.25. The zero-order chi connectivity index (χ0) is 14.4. The topological polar surface area (TPSA) is 113 Å². The maximum atomic E-state index is 11.9. The minimum absolute atomic E-state index is 0.0192. The fourth-order valence-corrected chi connectivity index (χ4v) is 2.11. The van der Waals surface area contributed by atoms with E-state index in [9.17, 15) is 14.4 Å². The average Bonchev–Trinajstić information content (AvgIpc) is 2.36. The normalized spacial score (nSPS) is 20.7. The van der Waals surface area contributed by atoms with Gasteiger partial charge in [-0.25, -0.2) is 4.79 Å². The van der Waals surface area contributed by atoms with E-state index in [0.717, 1.165) is 6.42 Å². The lowest BCUT2D eigenvalue weighted by Gasteiger charge is -2.32. The van der Waals surface area contributed by atoms with Crippen LogP contribution >= 0.6 is 0 Å². The van der Waals surface area contributed by atoms with Gasteiger partial charge in [-0.2, -0.15) is 0 Å². The van der Waals surface area contributed by atoms with Gasteiger partial charge in [-0.05, 0) is 26.2 Å². The van der Waals surface area contributed by atoms with E-state index in [4.69, 9.17) is 10.8 Å². The fraction of sp³-hybridized carbons (Fsp3) is 0.750. The number of urea groups is 1. The van der Waals surface area contributed by atoms with Gasteiger partial charge in [0.2, 0.25) is 5.91 Å². The Morgan fingerprint density at radius 1 is 1.47 bits per heavy atom. The summed E-state index contributed by atoms with van der Waals surface area (Å²) in [6.45, 7) is 2.70. The predicted octanol–water partition coefficient (Wildman–Crippen LogP) is 0.147. The summed E-state index contributed by atoms with van der Waals surface area (Å²) < 4.78 is 0. The number of carboxylic acids is 1. The second-order valence-corrected chi connectivity index (χ2v) is 4.97. The molecule has 1 heterocycles. The average molecular weight is 271 g/mol. The molecule has 3 amide bonds. The number of hydrogen-bond donors (Lipinski definition) is 3. The highest BCUT2D eigenvalue weighted by molar-refractivity contribution is 5.79. The Kier molecular flexibility index (Phi) is 5.59. The molecule has 0 saturated carbocycles. The Hall–Kier alpha value is -1.79. The summed E-state index contributed by atoms with van der Waals surface area (Å²) in [6.07, 6.45) is 1.87. The molecule has 7 heteroatoms. The molecule has 1 aliphatic heterocycles. The molecule has 1 aliphatic rings. The number of nitrogens with zero attached hydrogens (tertiary/aromatic N) is 1. The predicted molar refractivity (Wildman–Crippen MR) is 68.4 cm³/mol. The van der Waals surface area contributed by atoms with Gasteiger partial charge in [0.05, 0.1) is 5.92 Å². The van der Waals surface area contributed by atoms with Crippen LogP contribution in [0.1, 0.15) is 32.6 Å². The maximum Gasteiger partial charge on any atom is 0.317 e. The number of nitrogens with two attached hydrogens (primary N) is 1. The van der Waals surface area contributed by atoms with E-state index in [0.29, 0.717) is 25.9 Å². The summed E-state index contributed by atoms with van der Waals surface area (Å²) in [6, 6.07) is -0.471. The van der Waals surface area contributed by atoms with Crippen LogP contribution in [0.25, 0.3) is 0 Å². The van der Waals surface area contributed by atoms with Crippen LogP contribution < -0.4 is 11.1 Å². The van der Waals surface area contributed by atoms with E-state index >= 15 is 0 Å². The number of likely N-dealkylation sites (tertiary alicyclic amines) is 1. The van der Waals surface area contributed by atoms with Crippen LogP contribution in [0.5, 0.6) is 0 Å². The van der Waals surface area contributed by atoms with Crippen LogP contribution in [-0.4, -0.2) is 47.0 Å². The first-order chi connectivity index (χ1) is 8.90. The zero-order valence-electron chi connectivity index (χ0n) is 11.1. The minimum Gasteiger partial charge on any atom is -0.481 e. The van der Waals surface area contributed by atoms with Crippen molar-refractivity contribution in [3.05, 3.63) is 0 Å². The molecule has 1 saturated heterocycles. The smallest absolute Gasteiger partial charge is 0.317 e. The molecular weight excluding hydrogens is 250 g/mol. The highest BCUT2D eigenvalue weighted by Crippen LogP contribution is 2.16. The molecule has 0 aliphatic carbocycles. The van der Waals surface area contributed by atoms with Crippen molar-refractivity contribution in [1.29, 1.82) is 0 Å². The van der Waals surface area contributed by atoms with E-state index < -0.39 is 5.97 Å². The van der Waals surface area contributed by atoms with Gasteiger partial charge in [-0.15, -0.1) is 0 Å². The molecule has 4 N–H and O–H groups in total. The van der Waals surface area contributed by atoms with Crippen LogP contribution in [-0.2, 0) is 9.59 Å². The van der Waals surface area contributed by atoms with Crippen molar-refractivity contribution in [1.82, 2.24) is 10.2 Å². The molecule has 108 valence electrons. The van der Waals surface area contributed by atoms with E-state index in [-0.39, 0.29) is 30.3 Å². The molecular formula is C12H21N3O4. The maximum absolute atomic E-state index is 11.9. The lowest BCUT2D eigenvalue weighted by atomic mass is 9.98. The Morgan fingerprint density at radius 3 is 2.74 bits per heavy atom. The van der Waals surface area contributed by atoms with Gasteiger partial charge in [-0.1, -0.05) is 0 Å². The van der Waals surface area contributed by atoms with E-state index in [2.05, 4.69) is 5.32 Å². The summed E-state index contributed by atoms with van der Waals surface area (Å²) in [7, 11) is 0. The number of hydrogen-bond acceptors (Lipinski definition) is 3. The third-order valence-electron chi connectivity index (χ3n) is 3.27. The zero-order valence-corrected chi connectivity index (χ0v) is 11.1. The van der Waals surface area contributed by atoms with Crippen molar-refractivity contribution in [3.8, 4) is 0 Å². The van der Waals surface area contributed by atoms with Crippen molar-refractivity contribution in [2.45, 2.75) is 38.6 Å². The van der Waals surface area contributed by atoms with Gasteiger partial charge in [0.15, 0.2) is 0 Å². The summed E-state index contributed by atoms with van der Waals surface area (Å²) in [5, 5.41) is 11.3. The Balaban J connectivity index is 2.40. The Labute approximate surface area is 112 Å². The summed E-state index contributed by atoms with van der Waals surface area (Å²) >= 11 is 0. The van der Waals surface area contributed by atoms with Gasteiger partial charge >= 0.3 is 12.0 Å². The quantitative estimate of drug-likeness (QED) is 0.660. The molecule has 2 unspecified atom stereocenters. The van der Waals surface area contributed by atoms with Crippen molar-refractivity contribution >= 4 is 17.9 Å². The van der Waals surface area contributed by atoms with Crippen molar-refractivity contribution in [3.63, 3.8) is 0 Å². The Morgan fingerprint density at radius 2 is 2.16 bits per heavy atom. The van der Waals surface area contributed by atoms with E-state index in [1.54, 1.807) is 11.8 Å². The molecule has 0 aromatic carbocycles. The molecule has 19 heavy (non-hydrogen) atoms. The molecule has 0 radical (unpaired) electrons. The van der Waals surface area contributed by atoms with Gasteiger partial charge in [-0.3, -0.25) is 9.59 Å². The number of aliphatic carboxylic acids is 1. The van der Waals surface area contributed by atoms with Gasteiger partial charge in [0.25, 0.3) is 0 Å². The first kappa shape index (κ1) is 15.3. The number of carboxylic acid groups (broad SMARTS) is 1. The lowest BCUT2D eigenvalue weighted by molar-refractivity contribution is -0.137. The standard InChI is InChI=1S/C12H21N3O4/c1-8(4-5-10(16)17)14-12(19)15-6-2-3-9(7-15)11(13)18/h8-9H,2-7H2,1H3,(H2,13,18)(H,14,19)(H,16,17). The molecule has 0 aromatic rings. The highest BCUT2D eigenvalue weighted by Gasteiger charge is 2.27. The highest BCUT2D eigenvalue weighted by atomic mass is 16.4. The third kappa shape index (κ3) is 5.15. The summed E-state index contributed by atoms with van der Waals surface area (Å²) in [4.78, 5) is 35.1. The van der Waals surface area contributed by atoms with Crippen LogP contribution in [0.2, 0.25) is 0 Å². The number of amides is 3. The molecule has 2 atom stereocenters. The van der Waals surface area contributed by atoms with Crippen LogP contribution in [0.3, 0.4) is 0 Å². The second-order valence-electron chi connectivity index (χ2n) is 4.97. The van der Waals surface area contributed by atoms with Gasteiger partial charge < -0.3 is 21.1 Å². The SMILES string of the molecule is CC(CCC(=O)O)NC(=O)N1CCCC(C(N)=O)C1. The number of piperidine rings is 1.